The zero-order valence-corrected chi connectivity index (χ0v) is 10.9. The summed E-state index contributed by atoms with van der Waals surface area (Å²) in [5, 5.41) is 29.1. The molecular formula is C10H14N2O6S. The molecule has 1 aromatic rings. The molecule has 9 heteroatoms. The third-order valence-electron chi connectivity index (χ3n) is 2.34. The van der Waals surface area contributed by atoms with Crippen LogP contribution in [-0.2, 0) is 10.0 Å². The molecule has 0 radical (unpaired) electrons. The molecule has 0 fully saturated rings. The molecule has 0 heterocycles. The summed E-state index contributed by atoms with van der Waals surface area (Å²) in [5.41, 5.74) is -2.20. The average molecular weight is 290 g/mol. The van der Waals surface area contributed by atoms with Crippen molar-refractivity contribution < 1.29 is 23.6 Å². The average Bonchev–Trinajstić information content (AvgIpc) is 2.37. The van der Waals surface area contributed by atoms with Crippen molar-refractivity contribution in [2.45, 2.75) is 17.4 Å². The number of nitrogens with zero attached hydrogens (tertiary/aromatic N) is 1. The first-order valence-corrected chi connectivity index (χ1v) is 6.74. The Bertz CT molecular complexity index is 569. The molecule has 1 aromatic carbocycles. The van der Waals surface area contributed by atoms with E-state index in [1.807, 2.05) is 4.72 Å². The van der Waals surface area contributed by atoms with Crippen molar-refractivity contribution in [2.24, 2.45) is 0 Å². The Hall–Kier alpha value is -1.55. The van der Waals surface area contributed by atoms with Crippen LogP contribution in [0.4, 0.5) is 5.69 Å². The SMILES string of the molecule is CC(O)(CO)CNS(=O)(=O)c1ccccc1[N+](=O)[O-]. The number of aliphatic hydroxyl groups is 2. The molecule has 0 bridgehead atoms. The monoisotopic (exact) mass is 290 g/mol. The summed E-state index contributed by atoms with van der Waals surface area (Å²) in [6.07, 6.45) is 0. The second-order valence-corrected chi connectivity index (χ2v) is 5.94. The molecule has 3 N–H and O–H groups in total. The van der Waals surface area contributed by atoms with E-state index in [1.54, 1.807) is 0 Å². The minimum atomic E-state index is -4.14. The Morgan fingerprint density at radius 3 is 2.53 bits per heavy atom. The van der Waals surface area contributed by atoms with Crippen LogP contribution in [0.15, 0.2) is 29.2 Å². The number of hydrogen-bond donors (Lipinski definition) is 3. The number of nitro benzene ring substituents is 1. The summed E-state index contributed by atoms with van der Waals surface area (Å²) in [6, 6.07) is 4.86. The Kier molecular flexibility index (Phi) is 4.58. The maximum atomic E-state index is 11.9. The van der Waals surface area contributed by atoms with Crippen LogP contribution < -0.4 is 4.72 Å². The predicted octanol–water partition coefficient (Wildman–Crippen LogP) is -0.384. The lowest BCUT2D eigenvalue weighted by atomic mass is 10.1. The van der Waals surface area contributed by atoms with E-state index >= 15 is 0 Å². The van der Waals surface area contributed by atoms with Gasteiger partial charge < -0.3 is 10.2 Å². The van der Waals surface area contributed by atoms with Crippen LogP contribution in [0.25, 0.3) is 0 Å². The van der Waals surface area contributed by atoms with Gasteiger partial charge in [0.15, 0.2) is 4.90 Å². The Labute approximate surface area is 109 Å². The normalized spacial score (nSPS) is 14.9. The van der Waals surface area contributed by atoms with Crippen molar-refractivity contribution in [1.29, 1.82) is 0 Å². The predicted molar refractivity (Wildman–Crippen MR) is 66.0 cm³/mol. The van der Waals surface area contributed by atoms with E-state index in [2.05, 4.69) is 0 Å². The summed E-state index contributed by atoms with van der Waals surface area (Å²) in [7, 11) is -4.14. The lowest BCUT2D eigenvalue weighted by molar-refractivity contribution is -0.387. The molecule has 0 aliphatic rings. The molecule has 1 rings (SSSR count). The molecule has 0 aromatic heterocycles. The summed E-state index contributed by atoms with van der Waals surface area (Å²) < 4.78 is 25.8. The Morgan fingerprint density at radius 2 is 2.00 bits per heavy atom. The molecular weight excluding hydrogens is 276 g/mol. The van der Waals surface area contributed by atoms with E-state index in [9.17, 15) is 23.6 Å². The van der Waals surface area contributed by atoms with Gasteiger partial charge in [-0.05, 0) is 13.0 Å². The van der Waals surface area contributed by atoms with Crippen LogP contribution in [0.5, 0.6) is 0 Å². The van der Waals surface area contributed by atoms with Gasteiger partial charge >= 0.3 is 0 Å². The molecule has 0 aliphatic carbocycles. The van der Waals surface area contributed by atoms with Crippen LogP contribution in [0.3, 0.4) is 0 Å². The highest BCUT2D eigenvalue weighted by atomic mass is 32.2. The highest BCUT2D eigenvalue weighted by Gasteiger charge is 2.28. The van der Waals surface area contributed by atoms with Crippen LogP contribution in [0, 0.1) is 10.1 Å². The van der Waals surface area contributed by atoms with Gasteiger partial charge in [0.05, 0.1) is 17.1 Å². The molecule has 19 heavy (non-hydrogen) atoms. The van der Waals surface area contributed by atoms with Crippen molar-refractivity contribution >= 4 is 15.7 Å². The number of benzene rings is 1. The lowest BCUT2D eigenvalue weighted by Gasteiger charge is -2.20. The summed E-state index contributed by atoms with van der Waals surface area (Å²) in [5.74, 6) is 0. The van der Waals surface area contributed by atoms with E-state index in [0.717, 1.165) is 12.1 Å². The fraction of sp³-hybridized carbons (Fsp3) is 0.400. The molecule has 0 saturated heterocycles. The van der Waals surface area contributed by atoms with E-state index in [0.29, 0.717) is 0 Å². The number of hydrogen-bond acceptors (Lipinski definition) is 6. The largest absolute Gasteiger partial charge is 0.393 e. The van der Waals surface area contributed by atoms with Gasteiger partial charge in [-0.2, -0.15) is 0 Å². The minimum Gasteiger partial charge on any atom is -0.393 e. The van der Waals surface area contributed by atoms with Gasteiger partial charge in [0, 0.05) is 12.6 Å². The molecule has 106 valence electrons. The smallest absolute Gasteiger partial charge is 0.289 e. The van der Waals surface area contributed by atoms with Gasteiger partial charge in [-0.15, -0.1) is 0 Å². The third-order valence-corrected chi connectivity index (χ3v) is 3.78. The number of nitrogens with one attached hydrogen (secondary N) is 1. The van der Waals surface area contributed by atoms with Gasteiger partial charge in [0.2, 0.25) is 10.0 Å². The van der Waals surface area contributed by atoms with Crippen molar-refractivity contribution in [2.75, 3.05) is 13.2 Å². The third kappa shape index (κ3) is 3.96. The number of sulfonamides is 1. The molecule has 0 spiro atoms. The number of para-hydroxylation sites is 1. The zero-order chi connectivity index (χ0) is 14.7. The molecule has 0 aliphatic heterocycles. The first kappa shape index (κ1) is 15.5. The molecule has 8 nitrogen and oxygen atoms in total. The van der Waals surface area contributed by atoms with Crippen LogP contribution >= 0.6 is 0 Å². The highest BCUT2D eigenvalue weighted by molar-refractivity contribution is 7.89. The van der Waals surface area contributed by atoms with Gasteiger partial charge in [0.25, 0.3) is 5.69 Å². The van der Waals surface area contributed by atoms with Gasteiger partial charge in [0.1, 0.15) is 0 Å². The molecule has 1 unspecified atom stereocenters. The first-order valence-electron chi connectivity index (χ1n) is 5.26. The van der Waals surface area contributed by atoms with Crippen LogP contribution in [-0.4, -0.2) is 42.3 Å². The summed E-state index contributed by atoms with van der Waals surface area (Å²) >= 11 is 0. The standard InChI is InChI=1S/C10H14N2O6S/c1-10(14,7-13)6-11-19(17,18)9-5-3-2-4-8(9)12(15)16/h2-5,11,13-14H,6-7H2,1H3. The van der Waals surface area contributed by atoms with E-state index in [1.165, 1.54) is 19.1 Å². The van der Waals surface area contributed by atoms with E-state index in [4.69, 9.17) is 5.11 Å². The van der Waals surface area contributed by atoms with Crippen molar-refractivity contribution in [3.8, 4) is 0 Å². The fourth-order valence-electron chi connectivity index (χ4n) is 1.22. The van der Waals surface area contributed by atoms with E-state index in [-0.39, 0.29) is 0 Å². The maximum absolute atomic E-state index is 11.9. The summed E-state index contributed by atoms with van der Waals surface area (Å²) in [6.45, 7) is 0.124. The van der Waals surface area contributed by atoms with Crippen molar-refractivity contribution in [1.82, 2.24) is 4.72 Å². The Morgan fingerprint density at radius 1 is 1.42 bits per heavy atom. The second kappa shape index (κ2) is 5.61. The zero-order valence-electron chi connectivity index (χ0n) is 10.1. The topological polar surface area (TPSA) is 130 Å². The lowest BCUT2D eigenvalue weighted by Crippen LogP contribution is -2.43. The minimum absolute atomic E-state index is 0.460. The number of aliphatic hydroxyl groups excluding tert-OH is 1. The molecule has 1 atom stereocenters. The van der Waals surface area contributed by atoms with Crippen molar-refractivity contribution in [3.63, 3.8) is 0 Å². The van der Waals surface area contributed by atoms with Crippen LogP contribution in [0.2, 0.25) is 0 Å². The van der Waals surface area contributed by atoms with Gasteiger partial charge in [-0.1, -0.05) is 12.1 Å². The van der Waals surface area contributed by atoms with Crippen LogP contribution in [0.1, 0.15) is 6.92 Å². The van der Waals surface area contributed by atoms with E-state index < -0.39 is 44.3 Å². The highest BCUT2D eigenvalue weighted by Crippen LogP contribution is 2.22. The first-order chi connectivity index (χ1) is 8.69. The molecule has 0 amide bonds. The summed E-state index contributed by atoms with van der Waals surface area (Å²) in [4.78, 5) is 9.45. The maximum Gasteiger partial charge on any atom is 0.289 e. The quantitative estimate of drug-likeness (QED) is 0.483. The molecule has 0 saturated carbocycles. The fourth-order valence-corrected chi connectivity index (χ4v) is 2.55. The second-order valence-electron chi connectivity index (χ2n) is 4.20. The number of nitro groups is 1. The van der Waals surface area contributed by atoms with Crippen molar-refractivity contribution in [3.05, 3.63) is 34.4 Å². The van der Waals surface area contributed by atoms with Gasteiger partial charge in [-0.25, -0.2) is 13.1 Å². The number of rotatable bonds is 6. The van der Waals surface area contributed by atoms with Gasteiger partial charge in [-0.3, -0.25) is 10.1 Å². The Balaban J connectivity index is 3.05.